The molecule has 0 aromatic heterocycles. The Morgan fingerprint density at radius 2 is 1.76 bits per heavy atom. The van der Waals surface area contributed by atoms with Gasteiger partial charge in [-0.25, -0.2) is 0 Å². The van der Waals surface area contributed by atoms with Crippen LogP contribution in [-0.4, -0.2) is 42.8 Å². The average molecular weight is 463 g/mol. The van der Waals surface area contributed by atoms with E-state index in [4.69, 9.17) is 18.9 Å². The predicted octanol–water partition coefficient (Wildman–Crippen LogP) is 6.03. The predicted molar refractivity (Wildman–Crippen MR) is 127 cm³/mol. The summed E-state index contributed by atoms with van der Waals surface area (Å²) >= 11 is 0. The number of hydrogen-bond donors (Lipinski definition) is 0. The van der Waals surface area contributed by atoms with E-state index in [1.54, 1.807) is 0 Å². The summed E-state index contributed by atoms with van der Waals surface area (Å²) < 4.78 is 25.3. The molecule has 0 radical (unpaired) electrons. The van der Waals surface area contributed by atoms with E-state index in [1.165, 1.54) is 25.7 Å². The molecule has 3 aliphatic carbocycles. The molecule has 5 aliphatic rings. The van der Waals surface area contributed by atoms with Crippen molar-refractivity contribution >= 4 is 5.97 Å². The quantitative estimate of drug-likeness (QED) is 0.392. The average Bonchev–Trinajstić information content (AvgIpc) is 3.60. The highest BCUT2D eigenvalue weighted by atomic mass is 16.7. The third-order valence-electron chi connectivity index (χ3n) is 10.00. The van der Waals surface area contributed by atoms with Crippen molar-refractivity contribution < 1.29 is 23.7 Å². The largest absolute Gasteiger partial charge is 0.459 e. The van der Waals surface area contributed by atoms with Crippen LogP contribution in [-0.2, 0) is 23.7 Å². The van der Waals surface area contributed by atoms with Crippen molar-refractivity contribution in [1.29, 1.82) is 0 Å². The van der Waals surface area contributed by atoms with Crippen LogP contribution >= 0.6 is 0 Å². The van der Waals surface area contributed by atoms with Crippen molar-refractivity contribution in [2.24, 2.45) is 29.6 Å². The summed E-state index contributed by atoms with van der Waals surface area (Å²) in [6.45, 7) is 7.48. The van der Waals surface area contributed by atoms with E-state index < -0.39 is 0 Å². The van der Waals surface area contributed by atoms with Crippen molar-refractivity contribution in [3.05, 3.63) is 0 Å². The van der Waals surface area contributed by atoms with Gasteiger partial charge in [0.1, 0.15) is 5.60 Å². The second-order valence-electron chi connectivity index (χ2n) is 11.6. The van der Waals surface area contributed by atoms with Gasteiger partial charge in [-0.15, -0.1) is 0 Å². The van der Waals surface area contributed by atoms with Gasteiger partial charge in [-0.2, -0.15) is 0 Å². The van der Waals surface area contributed by atoms with Crippen LogP contribution in [0.3, 0.4) is 0 Å². The fourth-order valence-electron chi connectivity index (χ4n) is 8.46. The number of fused-ring (bicyclic) bond motifs is 5. The molecule has 0 aromatic rings. The van der Waals surface area contributed by atoms with E-state index in [9.17, 15) is 4.79 Å². The minimum absolute atomic E-state index is 0.0555. The Kier molecular flexibility index (Phi) is 7.40. The lowest BCUT2D eigenvalue weighted by atomic mass is 9.69. The van der Waals surface area contributed by atoms with Gasteiger partial charge in [-0.3, -0.25) is 4.79 Å². The molecule has 2 bridgehead atoms. The van der Waals surface area contributed by atoms with Crippen molar-refractivity contribution in [2.45, 2.75) is 134 Å². The lowest BCUT2D eigenvalue weighted by Crippen LogP contribution is -2.42. The minimum atomic E-state index is -0.232. The monoisotopic (exact) mass is 462 g/mol. The summed E-state index contributed by atoms with van der Waals surface area (Å²) in [6.07, 6.45) is 14.1. The molecule has 188 valence electrons. The Bertz CT molecular complexity index is 667. The van der Waals surface area contributed by atoms with E-state index in [0.29, 0.717) is 42.3 Å². The number of hydrogen-bond acceptors (Lipinski definition) is 5. The van der Waals surface area contributed by atoms with E-state index in [-0.39, 0.29) is 24.0 Å². The van der Waals surface area contributed by atoms with Gasteiger partial charge >= 0.3 is 5.97 Å². The molecule has 9 atom stereocenters. The summed E-state index contributed by atoms with van der Waals surface area (Å²) in [5, 5.41) is 0. The molecular weight excluding hydrogens is 416 g/mol. The smallest absolute Gasteiger partial charge is 0.308 e. The topological polar surface area (TPSA) is 54.0 Å². The molecule has 3 saturated carbocycles. The summed E-state index contributed by atoms with van der Waals surface area (Å²) in [6, 6.07) is 0. The third-order valence-corrected chi connectivity index (χ3v) is 10.00. The highest BCUT2D eigenvalue weighted by Gasteiger charge is 2.62. The van der Waals surface area contributed by atoms with Gasteiger partial charge in [0.15, 0.2) is 6.29 Å². The number of carbonyl (C=O) groups is 1. The number of esters is 1. The van der Waals surface area contributed by atoms with Gasteiger partial charge in [0, 0.05) is 6.61 Å². The lowest BCUT2D eigenvalue weighted by molar-refractivity contribution is -0.210. The SMILES string of the molecule is CCC1OC(CC)C2C3CC(CC3C(CC(=O)OC3(CC)CCCC3)OC3CCCCO3)C12. The fourth-order valence-corrected chi connectivity index (χ4v) is 8.46. The van der Waals surface area contributed by atoms with E-state index in [0.717, 1.165) is 63.9 Å². The first-order valence-electron chi connectivity index (χ1n) is 14.2. The fraction of sp³-hybridized carbons (Fsp3) is 0.964. The molecule has 5 heteroatoms. The zero-order valence-corrected chi connectivity index (χ0v) is 21.1. The maximum Gasteiger partial charge on any atom is 0.308 e. The van der Waals surface area contributed by atoms with Gasteiger partial charge in [-0.1, -0.05) is 20.8 Å². The molecule has 0 N–H and O–H groups in total. The van der Waals surface area contributed by atoms with E-state index in [1.807, 2.05) is 0 Å². The Balaban J connectivity index is 1.31. The summed E-state index contributed by atoms with van der Waals surface area (Å²) in [5.41, 5.74) is -0.232. The van der Waals surface area contributed by atoms with Crippen LogP contribution in [0.15, 0.2) is 0 Å². The molecular formula is C28H46O5. The van der Waals surface area contributed by atoms with Gasteiger partial charge in [0.2, 0.25) is 0 Å². The molecule has 2 heterocycles. The second kappa shape index (κ2) is 10.1. The first kappa shape index (κ1) is 24.1. The molecule has 9 unspecified atom stereocenters. The standard InChI is InChI=1S/C28H46O5/c1-4-21-26-18-15-19(20(16-18)27(26)22(5-2)31-21)23(32-25-11-7-10-14-30-25)17-24(29)33-28(6-3)12-8-9-13-28/h18-23,25-27H,4-17H2,1-3H3. The Hall–Kier alpha value is -0.650. The molecule has 0 aromatic carbocycles. The minimum Gasteiger partial charge on any atom is -0.459 e. The zero-order valence-electron chi connectivity index (χ0n) is 21.1. The number of carbonyl (C=O) groups excluding carboxylic acids is 1. The summed E-state index contributed by atoms with van der Waals surface area (Å²) in [5.74, 6) is 3.03. The summed E-state index contributed by atoms with van der Waals surface area (Å²) in [7, 11) is 0. The van der Waals surface area contributed by atoms with E-state index in [2.05, 4.69) is 20.8 Å². The van der Waals surface area contributed by atoms with Gasteiger partial charge < -0.3 is 18.9 Å². The van der Waals surface area contributed by atoms with Gasteiger partial charge in [-0.05, 0) is 107 Å². The van der Waals surface area contributed by atoms with Crippen molar-refractivity contribution in [1.82, 2.24) is 0 Å². The van der Waals surface area contributed by atoms with Crippen LogP contribution in [0.25, 0.3) is 0 Å². The molecule has 5 fully saturated rings. The highest BCUT2D eigenvalue weighted by Crippen LogP contribution is 2.63. The zero-order chi connectivity index (χ0) is 23.0. The maximum absolute atomic E-state index is 13.3. The van der Waals surface area contributed by atoms with E-state index >= 15 is 0 Å². The van der Waals surface area contributed by atoms with Crippen molar-refractivity contribution in [2.75, 3.05) is 6.61 Å². The van der Waals surface area contributed by atoms with Gasteiger partial charge in [0.05, 0.1) is 24.7 Å². The molecule has 2 aliphatic heterocycles. The first-order valence-corrected chi connectivity index (χ1v) is 14.2. The van der Waals surface area contributed by atoms with Crippen molar-refractivity contribution in [3.8, 4) is 0 Å². The van der Waals surface area contributed by atoms with Crippen LogP contribution < -0.4 is 0 Å². The summed E-state index contributed by atoms with van der Waals surface area (Å²) in [4.78, 5) is 13.3. The molecule has 5 rings (SSSR count). The van der Waals surface area contributed by atoms with Crippen LogP contribution in [0.1, 0.15) is 104 Å². The Labute approximate surface area is 200 Å². The third kappa shape index (κ3) is 4.63. The normalized spacial score (nSPS) is 42.4. The molecule has 33 heavy (non-hydrogen) atoms. The second-order valence-corrected chi connectivity index (χ2v) is 11.6. The molecule has 5 nitrogen and oxygen atoms in total. The number of ether oxygens (including phenoxy) is 4. The van der Waals surface area contributed by atoms with Crippen LogP contribution in [0.2, 0.25) is 0 Å². The Morgan fingerprint density at radius 1 is 1.00 bits per heavy atom. The van der Waals surface area contributed by atoms with Crippen molar-refractivity contribution in [3.63, 3.8) is 0 Å². The lowest BCUT2D eigenvalue weighted by Gasteiger charge is -2.39. The van der Waals surface area contributed by atoms with Crippen LogP contribution in [0.4, 0.5) is 0 Å². The first-order chi connectivity index (χ1) is 16.1. The van der Waals surface area contributed by atoms with Crippen LogP contribution in [0, 0.1) is 29.6 Å². The Morgan fingerprint density at radius 3 is 2.42 bits per heavy atom. The molecule has 2 saturated heterocycles. The molecule has 0 spiro atoms. The molecule has 0 amide bonds. The van der Waals surface area contributed by atoms with Gasteiger partial charge in [0.25, 0.3) is 0 Å². The highest BCUT2D eigenvalue weighted by molar-refractivity contribution is 5.70. The maximum atomic E-state index is 13.3. The van der Waals surface area contributed by atoms with Crippen LogP contribution in [0.5, 0.6) is 0 Å². The number of rotatable bonds is 9.